The van der Waals surface area contributed by atoms with Gasteiger partial charge in [-0.3, -0.25) is 0 Å². The maximum absolute atomic E-state index is 5.95. The molecular weight excluding hydrogens is 276 g/mol. The average molecular weight is 301 g/mol. The van der Waals surface area contributed by atoms with E-state index in [0.717, 1.165) is 30.0 Å². The predicted octanol–water partition coefficient (Wildman–Crippen LogP) is 4.15. The van der Waals surface area contributed by atoms with Crippen molar-refractivity contribution >= 4 is 22.9 Å². The lowest BCUT2D eigenvalue weighted by molar-refractivity contribution is 0.314. The lowest BCUT2D eigenvalue weighted by atomic mass is 10.1. The molecule has 0 aromatic carbocycles. The van der Waals surface area contributed by atoms with E-state index < -0.39 is 0 Å². The molecule has 4 heteroatoms. The summed E-state index contributed by atoms with van der Waals surface area (Å²) >= 11 is 7.64. The molecule has 0 unspecified atom stereocenters. The molecule has 108 valence electrons. The summed E-state index contributed by atoms with van der Waals surface area (Å²) in [6.45, 7) is 3.20. The smallest absolute Gasteiger partial charge is 0.0931 e. The van der Waals surface area contributed by atoms with Gasteiger partial charge < -0.3 is 10.2 Å². The third-order valence-electron chi connectivity index (χ3n) is 3.84. The lowest BCUT2D eigenvalue weighted by Gasteiger charge is -2.20. The molecule has 1 aliphatic rings. The second kappa shape index (κ2) is 8.25. The van der Waals surface area contributed by atoms with Crippen LogP contribution in [0.4, 0.5) is 0 Å². The van der Waals surface area contributed by atoms with Gasteiger partial charge in [0.05, 0.1) is 4.34 Å². The van der Waals surface area contributed by atoms with Crippen LogP contribution >= 0.6 is 22.9 Å². The minimum atomic E-state index is 0.757. The van der Waals surface area contributed by atoms with Crippen molar-refractivity contribution in [3.8, 4) is 0 Å². The number of hydrogen-bond acceptors (Lipinski definition) is 3. The second-order valence-electron chi connectivity index (χ2n) is 5.59. The Morgan fingerprint density at radius 2 is 2.00 bits per heavy atom. The highest BCUT2D eigenvalue weighted by Crippen LogP contribution is 2.22. The number of nitrogens with one attached hydrogen (secondary N) is 1. The largest absolute Gasteiger partial charge is 0.313 e. The Labute approximate surface area is 126 Å². The van der Waals surface area contributed by atoms with Gasteiger partial charge >= 0.3 is 0 Å². The number of likely N-dealkylation sites (N-methyl/N-ethyl adjacent to an activating group) is 1. The zero-order valence-corrected chi connectivity index (χ0v) is 13.4. The van der Waals surface area contributed by atoms with Crippen LogP contribution in [0.3, 0.4) is 0 Å². The molecule has 0 spiro atoms. The fourth-order valence-electron chi connectivity index (χ4n) is 2.72. The summed E-state index contributed by atoms with van der Waals surface area (Å²) in [6.07, 6.45) is 8.39. The topological polar surface area (TPSA) is 15.3 Å². The van der Waals surface area contributed by atoms with Crippen LogP contribution in [0.5, 0.6) is 0 Å². The minimum absolute atomic E-state index is 0.757. The number of rotatable bonds is 6. The summed E-state index contributed by atoms with van der Waals surface area (Å²) in [5.74, 6) is 0. The van der Waals surface area contributed by atoms with E-state index in [1.54, 1.807) is 11.3 Å². The molecule has 2 nitrogen and oxygen atoms in total. The Kier molecular flexibility index (Phi) is 6.65. The molecule has 1 aliphatic carbocycles. The van der Waals surface area contributed by atoms with E-state index in [9.17, 15) is 0 Å². The van der Waals surface area contributed by atoms with E-state index in [2.05, 4.69) is 23.3 Å². The molecular formula is C15H25ClN2S. The van der Waals surface area contributed by atoms with Gasteiger partial charge in [0, 0.05) is 30.6 Å². The summed E-state index contributed by atoms with van der Waals surface area (Å²) in [4.78, 5) is 3.72. The van der Waals surface area contributed by atoms with Gasteiger partial charge in [0.15, 0.2) is 0 Å². The SMILES string of the molecule is CN(CCNC1CCCCCC1)Cc1ccc(Cl)s1. The fourth-order valence-corrected chi connectivity index (χ4v) is 3.89. The number of thiophene rings is 1. The van der Waals surface area contributed by atoms with Crippen molar-refractivity contribution in [2.75, 3.05) is 20.1 Å². The first kappa shape index (κ1) is 15.3. The van der Waals surface area contributed by atoms with E-state index in [1.165, 1.54) is 43.4 Å². The molecule has 1 heterocycles. The predicted molar refractivity (Wildman–Crippen MR) is 85.2 cm³/mol. The van der Waals surface area contributed by atoms with Crippen molar-refractivity contribution in [3.05, 3.63) is 21.3 Å². The van der Waals surface area contributed by atoms with E-state index in [1.807, 2.05) is 6.07 Å². The number of hydrogen-bond donors (Lipinski definition) is 1. The van der Waals surface area contributed by atoms with Crippen molar-refractivity contribution in [2.45, 2.75) is 51.1 Å². The van der Waals surface area contributed by atoms with Gasteiger partial charge in [0.2, 0.25) is 0 Å². The van der Waals surface area contributed by atoms with E-state index in [0.29, 0.717) is 0 Å². The molecule has 0 aliphatic heterocycles. The normalized spacial score (nSPS) is 17.8. The van der Waals surface area contributed by atoms with Crippen LogP contribution in [0.1, 0.15) is 43.4 Å². The summed E-state index contributed by atoms with van der Waals surface area (Å²) in [7, 11) is 2.18. The molecule has 1 N–H and O–H groups in total. The van der Waals surface area contributed by atoms with E-state index in [-0.39, 0.29) is 0 Å². The third kappa shape index (κ3) is 5.82. The summed E-state index contributed by atoms with van der Waals surface area (Å²) in [5, 5.41) is 3.72. The van der Waals surface area contributed by atoms with Crippen LogP contribution in [0.2, 0.25) is 4.34 Å². The van der Waals surface area contributed by atoms with Crippen LogP contribution in [-0.2, 0) is 6.54 Å². The first-order valence-electron chi connectivity index (χ1n) is 7.40. The van der Waals surface area contributed by atoms with Crippen LogP contribution in [0.15, 0.2) is 12.1 Å². The van der Waals surface area contributed by atoms with Gasteiger partial charge in [-0.25, -0.2) is 0 Å². The molecule has 1 aromatic heterocycles. The zero-order chi connectivity index (χ0) is 13.5. The Hall–Kier alpha value is -0.0900. The van der Waals surface area contributed by atoms with Gasteiger partial charge in [-0.1, -0.05) is 37.3 Å². The van der Waals surface area contributed by atoms with Crippen molar-refractivity contribution < 1.29 is 0 Å². The second-order valence-corrected chi connectivity index (χ2v) is 7.39. The summed E-state index contributed by atoms with van der Waals surface area (Å²) in [5.41, 5.74) is 0. The van der Waals surface area contributed by atoms with Crippen LogP contribution in [0.25, 0.3) is 0 Å². The van der Waals surface area contributed by atoms with Crippen LogP contribution in [0, 0.1) is 0 Å². The van der Waals surface area contributed by atoms with Gasteiger partial charge in [0.1, 0.15) is 0 Å². The highest BCUT2D eigenvalue weighted by molar-refractivity contribution is 7.16. The van der Waals surface area contributed by atoms with Crippen molar-refractivity contribution in [2.24, 2.45) is 0 Å². The van der Waals surface area contributed by atoms with Crippen molar-refractivity contribution in [1.29, 1.82) is 0 Å². The Balaban J connectivity index is 1.61. The van der Waals surface area contributed by atoms with Crippen molar-refractivity contribution in [3.63, 3.8) is 0 Å². The number of nitrogens with zero attached hydrogens (tertiary/aromatic N) is 1. The molecule has 1 aromatic rings. The molecule has 0 saturated heterocycles. The van der Waals surface area contributed by atoms with Gasteiger partial charge in [-0.2, -0.15) is 0 Å². The summed E-state index contributed by atoms with van der Waals surface area (Å²) in [6, 6.07) is 4.87. The van der Waals surface area contributed by atoms with Crippen LogP contribution < -0.4 is 5.32 Å². The van der Waals surface area contributed by atoms with Gasteiger partial charge in [-0.15, -0.1) is 11.3 Å². The summed E-state index contributed by atoms with van der Waals surface area (Å²) < 4.78 is 0.889. The molecule has 19 heavy (non-hydrogen) atoms. The van der Waals surface area contributed by atoms with Crippen molar-refractivity contribution in [1.82, 2.24) is 10.2 Å². The van der Waals surface area contributed by atoms with E-state index >= 15 is 0 Å². The Bertz CT molecular complexity index is 359. The molecule has 0 atom stereocenters. The van der Waals surface area contributed by atoms with E-state index in [4.69, 9.17) is 11.6 Å². The fraction of sp³-hybridized carbons (Fsp3) is 0.733. The Morgan fingerprint density at radius 1 is 1.26 bits per heavy atom. The molecule has 1 saturated carbocycles. The molecule has 0 radical (unpaired) electrons. The third-order valence-corrected chi connectivity index (χ3v) is 5.05. The lowest BCUT2D eigenvalue weighted by Crippen LogP contribution is -2.35. The standard InChI is InChI=1S/C15H25ClN2S/c1-18(12-14-8-9-15(16)19-14)11-10-17-13-6-4-2-3-5-7-13/h8-9,13,17H,2-7,10-12H2,1H3. The minimum Gasteiger partial charge on any atom is -0.313 e. The van der Waals surface area contributed by atoms with Crippen LogP contribution in [-0.4, -0.2) is 31.1 Å². The highest BCUT2D eigenvalue weighted by Gasteiger charge is 2.11. The maximum atomic E-state index is 5.95. The first-order valence-corrected chi connectivity index (χ1v) is 8.59. The molecule has 1 fully saturated rings. The molecule has 0 bridgehead atoms. The number of halogens is 1. The first-order chi connectivity index (χ1) is 9.24. The monoisotopic (exact) mass is 300 g/mol. The maximum Gasteiger partial charge on any atom is 0.0931 e. The zero-order valence-electron chi connectivity index (χ0n) is 11.8. The molecule has 2 rings (SSSR count). The highest BCUT2D eigenvalue weighted by atomic mass is 35.5. The molecule has 0 amide bonds. The Morgan fingerprint density at radius 3 is 2.63 bits per heavy atom. The van der Waals surface area contributed by atoms with Gasteiger partial charge in [0.25, 0.3) is 0 Å². The van der Waals surface area contributed by atoms with Gasteiger partial charge in [-0.05, 0) is 32.0 Å². The average Bonchev–Trinajstić information content (AvgIpc) is 2.65. The quantitative estimate of drug-likeness (QED) is 0.794.